The van der Waals surface area contributed by atoms with Crippen LogP contribution in [0.2, 0.25) is 0 Å². The fraction of sp³-hybridized carbons (Fsp3) is 0.429. The highest BCUT2D eigenvalue weighted by molar-refractivity contribution is 5.95. The Morgan fingerprint density at radius 2 is 1.81 bits per heavy atom. The van der Waals surface area contributed by atoms with Crippen molar-refractivity contribution in [3.8, 4) is 0 Å². The summed E-state index contributed by atoms with van der Waals surface area (Å²) in [6.07, 6.45) is -3.44. The molecule has 0 N–H and O–H groups in total. The topological polar surface area (TPSA) is 66.6 Å². The van der Waals surface area contributed by atoms with Gasteiger partial charge in [0.1, 0.15) is 5.82 Å². The van der Waals surface area contributed by atoms with Crippen molar-refractivity contribution in [2.45, 2.75) is 32.9 Å². The van der Waals surface area contributed by atoms with Gasteiger partial charge in [0.15, 0.2) is 5.65 Å². The van der Waals surface area contributed by atoms with Gasteiger partial charge in [-0.05, 0) is 56.0 Å². The smallest absolute Gasteiger partial charge is 0.355 e. The standard InChI is InChI=1S/C21H23F3N6O/c1-13-4-5-14(2)16(12-13)28(3)19(31)15-8-10-29(11-9-15)18-7-6-17-25-26-20(21(22,23)24)30(17)27-18/h4-7,12,15H,8-11H2,1-3H3. The predicted octanol–water partition coefficient (Wildman–Crippen LogP) is 3.64. The molecule has 1 saturated heterocycles. The summed E-state index contributed by atoms with van der Waals surface area (Å²) in [6.45, 7) is 5.02. The maximum absolute atomic E-state index is 13.1. The molecule has 2 aromatic heterocycles. The molecule has 1 aliphatic rings. The van der Waals surface area contributed by atoms with Crippen molar-refractivity contribution in [2.24, 2.45) is 5.92 Å². The first-order valence-corrected chi connectivity index (χ1v) is 10.0. The molecule has 3 aromatic rings. The molecule has 1 fully saturated rings. The average Bonchev–Trinajstić information content (AvgIpc) is 3.18. The van der Waals surface area contributed by atoms with Gasteiger partial charge in [0.05, 0.1) is 0 Å². The molecule has 0 saturated carbocycles. The van der Waals surface area contributed by atoms with E-state index in [1.807, 2.05) is 36.9 Å². The van der Waals surface area contributed by atoms with Crippen LogP contribution >= 0.6 is 0 Å². The molecule has 0 aliphatic carbocycles. The van der Waals surface area contributed by atoms with Crippen LogP contribution in [0.5, 0.6) is 0 Å². The van der Waals surface area contributed by atoms with Crippen LogP contribution in [0.3, 0.4) is 0 Å². The number of fused-ring (bicyclic) bond motifs is 1. The molecule has 164 valence electrons. The molecule has 1 aliphatic heterocycles. The molecular formula is C21H23F3N6O. The molecule has 0 spiro atoms. The van der Waals surface area contributed by atoms with Crippen molar-refractivity contribution in [3.05, 3.63) is 47.3 Å². The Morgan fingerprint density at radius 1 is 1.10 bits per heavy atom. The predicted molar refractivity (Wildman–Crippen MR) is 110 cm³/mol. The zero-order valence-electron chi connectivity index (χ0n) is 17.5. The third-order valence-corrected chi connectivity index (χ3v) is 5.73. The van der Waals surface area contributed by atoms with Gasteiger partial charge in [-0.1, -0.05) is 12.1 Å². The van der Waals surface area contributed by atoms with Gasteiger partial charge in [-0.15, -0.1) is 15.3 Å². The van der Waals surface area contributed by atoms with Crippen LogP contribution in [0.25, 0.3) is 5.65 Å². The Kier molecular flexibility index (Phi) is 5.32. The van der Waals surface area contributed by atoms with Gasteiger partial charge in [0, 0.05) is 31.7 Å². The number of rotatable bonds is 3. The number of aromatic nitrogens is 4. The number of hydrogen-bond acceptors (Lipinski definition) is 5. The molecule has 3 heterocycles. The first kappa shape index (κ1) is 21.1. The lowest BCUT2D eigenvalue weighted by atomic mass is 9.95. The van der Waals surface area contributed by atoms with E-state index in [2.05, 4.69) is 15.3 Å². The molecule has 10 heteroatoms. The van der Waals surface area contributed by atoms with Crippen molar-refractivity contribution in [3.63, 3.8) is 0 Å². The number of halogens is 3. The first-order valence-electron chi connectivity index (χ1n) is 10.0. The van der Waals surface area contributed by atoms with E-state index in [1.54, 1.807) is 18.0 Å². The summed E-state index contributed by atoms with van der Waals surface area (Å²) >= 11 is 0. The van der Waals surface area contributed by atoms with Crippen LogP contribution in [0, 0.1) is 19.8 Å². The minimum Gasteiger partial charge on any atom is -0.355 e. The quantitative estimate of drug-likeness (QED) is 0.632. The Bertz CT molecular complexity index is 1120. The van der Waals surface area contributed by atoms with Gasteiger partial charge in [0.25, 0.3) is 5.82 Å². The monoisotopic (exact) mass is 432 g/mol. The number of hydrogen-bond donors (Lipinski definition) is 0. The lowest BCUT2D eigenvalue weighted by molar-refractivity contribution is -0.146. The summed E-state index contributed by atoms with van der Waals surface area (Å²) in [4.78, 5) is 16.6. The summed E-state index contributed by atoms with van der Waals surface area (Å²) in [5.41, 5.74) is 3.05. The van der Waals surface area contributed by atoms with Gasteiger partial charge in [-0.3, -0.25) is 4.79 Å². The number of nitrogens with zero attached hydrogens (tertiary/aromatic N) is 6. The minimum atomic E-state index is -4.64. The van der Waals surface area contributed by atoms with E-state index in [0.717, 1.165) is 21.3 Å². The van der Waals surface area contributed by atoms with E-state index in [4.69, 9.17) is 0 Å². The van der Waals surface area contributed by atoms with Gasteiger partial charge in [-0.2, -0.15) is 17.7 Å². The Morgan fingerprint density at radius 3 is 2.48 bits per heavy atom. The minimum absolute atomic E-state index is 0.0382. The molecule has 0 unspecified atom stereocenters. The molecule has 1 amide bonds. The number of alkyl halides is 3. The van der Waals surface area contributed by atoms with Crippen LogP contribution in [0.4, 0.5) is 24.7 Å². The lowest BCUT2D eigenvalue weighted by Crippen LogP contribution is -2.42. The van der Waals surface area contributed by atoms with Crippen molar-refractivity contribution in [2.75, 3.05) is 29.9 Å². The van der Waals surface area contributed by atoms with Crippen LogP contribution < -0.4 is 9.80 Å². The maximum Gasteiger partial charge on any atom is 0.453 e. The van der Waals surface area contributed by atoms with Crippen molar-refractivity contribution in [1.29, 1.82) is 0 Å². The van der Waals surface area contributed by atoms with Crippen molar-refractivity contribution >= 4 is 23.1 Å². The number of amides is 1. The second-order valence-corrected chi connectivity index (χ2v) is 7.93. The SMILES string of the molecule is Cc1ccc(C)c(N(C)C(=O)C2CCN(c3ccc4nnc(C(F)(F)F)n4n3)CC2)c1. The number of carbonyl (C=O) groups excluding carboxylic acids is 1. The molecule has 4 rings (SSSR count). The number of piperidine rings is 1. The second kappa shape index (κ2) is 7.82. The Hall–Kier alpha value is -3.17. The number of benzene rings is 1. The van der Waals surface area contributed by atoms with Gasteiger partial charge in [0.2, 0.25) is 5.91 Å². The maximum atomic E-state index is 13.1. The molecular weight excluding hydrogens is 409 g/mol. The van der Waals surface area contributed by atoms with Crippen molar-refractivity contribution < 1.29 is 18.0 Å². The van der Waals surface area contributed by atoms with Crippen LogP contribution in [0.1, 0.15) is 29.8 Å². The van der Waals surface area contributed by atoms with Crippen LogP contribution in [-0.2, 0) is 11.0 Å². The van der Waals surface area contributed by atoms with E-state index in [9.17, 15) is 18.0 Å². The summed E-state index contributed by atoms with van der Waals surface area (Å²) in [5.74, 6) is -0.836. The second-order valence-electron chi connectivity index (χ2n) is 7.93. The van der Waals surface area contributed by atoms with Gasteiger partial charge < -0.3 is 9.80 Å². The third kappa shape index (κ3) is 4.06. The summed E-state index contributed by atoms with van der Waals surface area (Å²) in [7, 11) is 1.79. The Balaban J connectivity index is 1.47. The highest BCUT2D eigenvalue weighted by atomic mass is 19.4. The number of carbonyl (C=O) groups is 1. The van der Waals surface area contributed by atoms with Gasteiger partial charge >= 0.3 is 6.18 Å². The molecule has 0 atom stereocenters. The van der Waals surface area contributed by atoms with Gasteiger partial charge in [-0.25, -0.2) is 0 Å². The van der Waals surface area contributed by atoms with Crippen LogP contribution in [-0.4, -0.2) is 45.9 Å². The lowest BCUT2D eigenvalue weighted by Gasteiger charge is -2.34. The van der Waals surface area contributed by atoms with E-state index in [-0.39, 0.29) is 17.5 Å². The largest absolute Gasteiger partial charge is 0.453 e. The summed E-state index contributed by atoms with van der Waals surface area (Å²) in [5, 5.41) is 10.8. The Labute approximate surface area is 177 Å². The molecule has 31 heavy (non-hydrogen) atoms. The third-order valence-electron chi connectivity index (χ3n) is 5.73. The van der Waals surface area contributed by atoms with E-state index >= 15 is 0 Å². The average molecular weight is 432 g/mol. The summed E-state index contributed by atoms with van der Waals surface area (Å²) < 4.78 is 40.1. The normalized spacial score (nSPS) is 15.5. The van der Waals surface area contributed by atoms with E-state index in [1.165, 1.54) is 6.07 Å². The highest BCUT2D eigenvalue weighted by Crippen LogP contribution is 2.30. The molecule has 7 nitrogen and oxygen atoms in total. The van der Waals surface area contributed by atoms with E-state index in [0.29, 0.717) is 31.7 Å². The molecule has 0 bridgehead atoms. The fourth-order valence-corrected chi connectivity index (χ4v) is 3.95. The fourth-order valence-electron chi connectivity index (χ4n) is 3.95. The zero-order chi connectivity index (χ0) is 22.3. The number of anilines is 2. The van der Waals surface area contributed by atoms with Crippen molar-refractivity contribution in [1.82, 2.24) is 19.8 Å². The number of aryl methyl sites for hydroxylation is 2. The van der Waals surface area contributed by atoms with E-state index < -0.39 is 12.0 Å². The molecule has 0 radical (unpaired) electrons. The highest BCUT2D eigenvalue weighted by Gasteiger charge is 2.38. The summed E-state index contributed by atoms with van der Waals surface area (Å²) in [6, 6.07) is 9.11. The van der Waals surface area contributed by atoms with Crippen LogP contribution in [0.15, 0.2) is 30.3 Å². The zero-order valence-corrected chi connectivity index (χ0v) is 17.5. The molecule has 1 aromatic carbocycles. The first-order chi connectivity index (χ1) is 14.6.